The molecule has 1 heterocycles. The van der Waals surface area contributed by atoms with Crippen molar-refractivity contribution in [2.45, 2.75) is 12.8 Å². The van der Waals surface area contributed by atoms with Crippen LogP contribution in [0.3, 0.4) is 0 Å². The number of nitro benzene ring substituents is 1. The zero-order chi connectivity index (χ0) is 13.8. The van der Waals surface area contributed by atoms with Gasteiger partial charge in [0, 0.05) is 30.8 Å². The lowest BCUT2D eigenvalue weighted by molar-refractivity contribution is -0.385. The fourth-order valence-corrected chi connectivity index (χ4v) is 2.26. The minimum atomic E-state index is -0.541. The van der Waals surface area contributed by atoms with E-state index in [1.54, 1.807) is 6.07 Å². The van der Waals surface area contributed by atoms with Gasteiger partial charge in [0.05, 0.1) is 4.92 Å². The fourth-order valence-electron chi connectivity index (χ4n) is 2.26. The van der Waals surface area contributed by atoms with Gasteiger partial charge in [-0.1, -0.05) is 0 Å². The van der Waals surface area contributed by atoms with Crippen molar-refractivity contribution in [2.24, 2.45) is 5.92 Å². The zero-order valence-electron chi connectivity index (χ0n) is 10.3. The fraction of sp³-hybridized carbons (Fsp3) is 0.385. The van der Waals surface area contributed by atoms with Crippen LogP contribution >= 0.6 is 0 Å². The van der Waals surface area contributed by atoms with E-state index in [9.17, 15) is 14.9 Å². The molecule has 1 aliphatic rings. The molecule has 1 aliphatic heterocycles. The van der Waals surface area contributed by atoms with Gasteiger partial charge in [-0.2, -0.15) is 5.26 Å². The molecule has 0 radical (unpaired) electrons. The van der Waals surface area contributed by atoms with Crippen molar-refractivity contribution < 1.29 is 9.72 Å². The number of carbonyl (C=O) groups excluding carboxylic acids is 1. The average molecular weight is 259 g/mol. The van der Waals surface area contributed by atoms with Gasteiger partial charge in [0.15, 0.2) is 0 Å². The van der Waals surface area contributed by atoms with E-state index in [0.29, 0.717) is 13.1 Å². The van der Waals surface area contributed by atoms with Gasteiger partial charge in [0.25, 0.3) is 5.69 Å². The lowest BCUT2D eigenvalue weighted by Crippen LogP contribution is -2.34. The lowest BCUT2D eigenvalue weighted by atomic mass is 9.98. The summed E-state index contributed by atoms with van der Waals surface area (Å²) in [5.74, 6) is 0.0876. The molecule has 1 fully saturated rings. The van der Waals surface area contributed by atoms with Crippen LogP contribution in [-0.2, 0) is 4.79 Å². The number of benzene rings is 1. The van der Waals surface area contributed by atoms with Crippen LogP contribution < -0.4 is 4.90 Å². The predicted octanol–water partition coefficient (Wildman–Crippen LogP) is 1.88. The lowest BCUT2D eigenvalue weighted by Gasteiger charge is -2.31. The Morgan fingerprint density at radius 1 is 1.42 bits per heavy atom. The van der Waals surface area contributed by atoms with Gasteiger partial charge in [0.2, 0.25) is 0 Å². The highest BCUT2D eigenvalue weighted by atomic mass is 16.6. The van der Waals surface area contributed by atoms with Gasteiger partial charge in [-0.25, -0.2) is 0 Å². The zero-order valence-corrected chi connectivity index (χ0v) is 10.3. The van der Waals surface area contributed by atoms with E-state index in [1.807, 2.05) is 11.0 Å². The molecular weight excluding hydrogens is 246 g/mol. The highest BCUT2D eigenvalue weighted by Crippen LogP contribution is 2.28. The number of carbonyl (C=O) groups is 1. The summed E-state index contributed by atoms with van der Waals surface area (Å²) in [6, 6.07) is 6.43. The van der Waals surface area contributed by atoms with Crippen molar-refractivity contribution >= 4 is 17.7 Å². The standard InChI is InChI=1S/C13H13N3O3/c14-8-11-1-2-12(7-13(11)16(18)19)15-5-3-10(9-17)4-6-15/h1-2,7,9-10H,3-6H2. The third kappa shape index (κ3) is 2.71. The highest BCUT2D eigenvalue weighted by Gasteiger charge is 2.21. The molecule has 19 heavy (non-hydrogen) atoms. The second-order valence-electron chi connectivity index (χ2n) is 4.53. The van der Waals surface area contributed by atoms with Crippen LogP contribution in [0.2, 0.25) is 0 Å². The molecule has 6 heteroatoms. The quantitative estimate of drug-likeness (QED) is 0.470. The Kier molecular flexibility index (Phi) is 3.76. The number of nitro groups is 1. The molecule has 0 spiro atoms. The molecule has 2 rings (SSSR count). The van der Waals surface area contributed by atoms with E-state index in [-0.39, 0.29) is 17.2 Å². The monoisotopic (exact) mass is 259 g/mol. The first kappa shape index (κ1) is 13.0. The Labute approximate surface area is 110 Å². The van der Waals surface area contributed by atoms with Crippen LogP contribution in [0.4, 0.5) is 11.4 Å². The molecule has 0 saturated carbocycles. The maximum Gasteiger partial charge on any atom is 0.289 e. The molecule has 98 valence electrons. The summed E-state index contributed by atoms with van der Waals surface area (Å²) < 4.78 is 0. The number of aldehydes is 1. The number of nitrogens with zero attached hydrogens (tertiary/aromatic N) is 3. The summed E-state index contributed by atoms with van der Waals surface area (Å²) in [7, 11) is 0. The average Bonchev–Trinajstić information content (AvgIpc) is 2.46. The van der Waals surface area contributed by atoms with E-state index in [1.165, 1.54) is 12.1 Å². The van der Waals surface area contributed by atoms with Crippen molar-refractivity contribution in [3.8, 4) is 6.07 Å². The summed E-state index contributed by atoms with van der Waals surface area (Å²) in [6.07, 6.45) is 2.49. The predicted molar refractivity (Wildman–Crippen MR) is 68.8 cm³/mol. The van der Waals surface area contributed by atoms with Crippen LogP contribution in [-0.4, -0.2) is 24.3 Å². The number of hydrogen-bond donors (Lipinski definition) is 0. The third-order valence-electron chi connectivity index (χ3n) is 3.40. The Bertz CT molecular complexity index is 543. The second kappa shape index (κ2) is 5.48. The maximum atomic E-state index is 10.9. The van der Waals surface area contributed by atoms with Crippen molar-refractivity contribution in [2.75, 3.05) is 18.0 Å². The molecule has 1 saturated heterocycles. The SMILES string of the molecule is N#Cc1ccc(N2CCC(C=O)CC2)cc1[N+](=O)[O-]. The summed E-state index contributed by atoms with van der Waals surface area (Å²) >= 11 is 0. The normalized spacial score (nSPS) is 15.8. The van der Waals surface area contributed by atoms with Gasteiger partial charge in [0.1, 0.15) is 17.9 Å². The van der Waals surface area contributed by atoms with Crippen molar-refractivity contribution in [3.05, 3.63) is 33.9 Å². The molecule has 0 bridgehead atoms. The Morgan fingerprint density at radius 3 is 2.63 bits per heavy atom. The Hall–Kier alpha value is -2.42. The molecule has 6 nitrogen and oxygen atoms in total. The van der Waals surface area contributed by atoms with Crippen LogP contribution in [0.25, 0.3) is 0 Å². The van der Waals surface area contributed by atoms with Gasteiger partial charge in [-0.05, 0) is 25.0 Å². The van der Waals surface area contributed by atoms with Crippen LogP contribution in [0.1, 0.15) is 18.4 Å². The molecule has 0 amide bonds. The number of rotatable bonds is 3. The summed E-state index contributed by atoms with van der Waals surface area (Å²) in [5, 5.41) is 19.7. The maximum absolute atomic E-state index is 10.9. The molecule has 0 N–H and O–H groups in total. The third-order valence-corrected chi connectivity index (χ3v) is 3.40. The van der Waals surface area contributed by atoms with E-state index in [0.717, 1.165) is 24.8 Å². The van der Waals surface area contributed by atoms with Gasteiger partial charge in [-0.15, -0.1) is 0 Å². The van der Waals surface area contributed by atoms with Gasteiger partial charge in [-0.3, -0.25) is 10.1 Å². The smallest absolute Gasteiger partial charge is 0.289 e. The number of nitriles is 1. The van der Waals surface area contributed by atoms with Gasteiger partial charge >= 0.3 is 0 Å². The number of piperidine rings is 1. The topological polar surface area (TPSA) is 87.2 Å². The van der Waals surface area contributed by atoms with E-state index in [2.05, 4.69) is 0 Å². The first-order valence-electron chi connectivity index (χ1n) is 6.04. The van der Waals surface area contributed by atoms with Crippen LogP contribution in [0.5, 0.6) is 0 Å². The minimum Gasteiger partial charge on any atom is -0.371 e. The first-order chi connectivity index (χ1) is 9.15. The number of hydrogen-bond acceptors (Lipinski definition) is 5. The number of anilines is 1. The minimum absolute atomic E-state index is 0.0662. The first-order valence-corrected chi connectivity index (χ1v) is 6.04. The Morgan fingerprint density at radius 2 is 2.11 bits per heavy atom. The van der Waals surface area contributed by atoms with Crippen molar-refractivity contribution in [1.82, 2.24) is 0 Å². The molecular formula is C13H13N3O3. The molecule has 0 aromatic heterocycles. The van der Waals surface area contributed by atoms with Crippen molar-refractivity contribution in [3.63, 3.8) is 0 Å². The van der Waals surface area contributed by atoms with Crippen molar-refractivity contribution in [1.29, 1.82) is 5.26 Å². The summed E-state index contributed by atoms with van der Waals surface area (Å²) in [6.45, 7) is 1.40. The molecule has 0 atom stereocenters. The van der Waals surface area contributed by atoms with E-state index < -0.39 is 4.92 Å². The van der Waals surface area contributed by atoms with Crippen LogP contribution in [0, 0.1) is 27.4 Å². The van der Waals surface area contributed by atoms with Crippen LogP contribution in [0.15, 0.2) is 18.2 Å². The molecule has 0 aliphatic carbocycles. The van der Waals surface area contributed by atoms with E-state index >= 15 is 0 Å². The summed E-state index contributed by atoms with van der Waals surface area (Å²) in [5.41, 5.74) is 0.629. The largest absolute Gasteiger partial charge is 0.371 e. The highest BCUT2D eigenvalue weighted by molar-refractivity contribution is 5.61. The Balaban J connectivity index is 2.22. The van der Waals surface area contributed by atoms with Gasteiger partial charge < -0.3 is 9.69 Å². The summed E-state index contributed by atoms with van der Waals surface area (Å²) in [4.78, 5) is 23.1. The molecule has 1 aromatic carbocycles. The second-order valence-corrected chi connectivity index (χ2v) is 4.53. The molecule has 1 aromatic rings. The van der Waals surface area contributed by atoms with E-state index in [4.69, 9.17) is 5.26 Å². The molecule has 0 unspecified atom stereocenters.